The van der Waals surface area contributed by atoms with Gasteiger partial charge in [-0.25, -0.2) is 9.18 Å². The molecule has 0 aliphatic rings. The lowest BCUT2D eigenvalue weighted by atomic mass is 10.1. The first-order valence-corrected chi connectivity index (χ1v) is 13.7. The zero-order valence-corrected chi connectivity index (χ0v) is 23.6. The molecule has 2 aromatic carbocycles. The SMILES string of the molecule is CCOC(=O)c1c(P(=O)(OC)c2cc(C)cc(/C=C/C#N)c2)c2c(F)c(Cl)ccc2n1C(O)OC(C)(C)C. The standard InChI is InChI=1S/C27H29ClFN2O6P/c1-7-36-25(32)23-24(38(34,35-6)18-14-16(2)13-17(15-18)9-8-12-30)21-20(11-10-19(28)22(21)29)31(23)26(33)37-27(3,4)5/h8-11,13-15,26,33H,7H2,1-6H3/b9-8+. The van der Waals surface area contributed by atoms with E-state index in [2.05, 4.69) is 0 Å². The Hall–Kier alpha value is -2.99. The van der Waals surface area contributed by atoms with Crippen LogP contribution in [0.4, 0.5) is 4.39 Å². The molecule has 11 heteroatoms. The quantitative estimate of drug-likeness (QED) is 0.165. The van der Waals surface area contributed by atoms with Crippen molar-refractivity contribution in [2.75, 3.05) is 13.7 Å². The van der Waals surface area contributed by atoms with Gasteiger partial charge in [0.25, 0.3) is 7.37 Å². The van der Waals surface area contributed by atoms with Gasteiger partial charge in [0.1, 0.15) is 5.69 Å². The van der Waals surface area contributed by atoms with E-state index in [0.29, 0.717) is 11.1 Å². The fourth-order valence-electron chi connectivity index (χ4n) is 4.12. The van der Waals surface area contributed by atoms with E-state index in [1.165, 1.54) is 37.5 Å². The fraction of sp³-hybridized carbons (Fsp3) is 0.333. The predicted octanol–water partition coefficient (Wildman–Crippen LogP) is 5.59. The number of allylic oxidation sites excluding steroid dienone is 1. The first-order chi connectivity index (χ1) is 17.8. The van der Waals surface area contributed by atoms with Crippen LogP contribution in [0.3, 0.4) is 0 Å². The molecule has 202 valence electrons. The van der Waals surface area contributed by atoms with Gasteiger partial charge in [-0.15, -0.1) is 0 Å². The summed E-state index contributed by atoms with van der Waals surface area (Å²) in [7, 11) is -3.10. The first kappa shape index (κ1) is 29.6. The van der Waals surface area contributed by atoms with Crippen molar-refractivity contribution in [2.45, 2.75) is 46.6 Å². The van der Waals surface area contributed by atoms with Crippen molar-refractivity contribution in [1.29, 1.82) is 5.26 Å². The van der Waals surface area contributed by atoms with E-state index >= 15 is 4.39 Å². The molecule has 2 unspecified atom stereocenters. The molecule has 0 aliphatic heterocycles. The topological polar surface area (TPSA) is 111 Å². The molecule has 0 radical (unpaired) electrons. The second-order valence-electron chi connectivity index (χ2n) is 9.40. The number of aromatic nitrogens is 1. The summed E-state index contributed by atoms with van der Waals surface area (Å²) in [5, 5.41) is 19.3. The number of rotatable bonds is 8. The summed E-state index contributed by atoms with van der Waals surface area (Å²) < 4.78 is 48.2. The average molecular weight is 563 g/mol. The predicted molar refractivity (Wildman–Crippen MR) is 145 cm³/mol. The third kappa shape index (κ3) is 5.70. The molecule has 1 aromatic heterocycles. The van der Waals surface area contributed by atoms with Crippen LogP contribution in [0.1, 0.15) is 55.7 Å². The Kier molecular flexibility index (Phi) is 8.87. The van der Waals surface area contributed by atoms with E-state index in [1.807, 2.05) is 6.07 Å². The van der Waals surface area contributed by atoms with Crippen LogP contribution in [0.15, 0.2) is 36.4 Å². The number of hydrogen-bond acceptors (Lipinski definition) is 7. The van der Waals surface area contributed by atoms with Crippen molar-refractivity contribution in [3.8, 4) is 6.07 Å². The van der Waals surface area contributed by atoms with Crippen LogP contribution in [0.25, 0.3) is 17.0 Å². The van der Waals surface area contributed by atoms with Gasteiger partial charge in [-0.3, -0.25) is 9.13 Å². The zero-order chi connectivity index (χ0) is 28.4. The smallest absolute Gasteiger partial charge is 0.356 e. The summed E-state index contributed by atoms with van der Waals surface area (Å²) in [6.45, 7) is 8.34. The van der Waals surface area contributed by atoms with Crippen LogP contribution in [-0.4, -0.2) is 35.0 Å². The van der Waals surface area contributed by atoms with Gasteiger partial charge in [0.2, 0.25) is 6.41 Å². The third-order valence-corrected chi connectivity index (χ3v) is 8.28. The number of carbonyl (C=O) groups excluding carboxylic acids is 1. The van der Waals surface area contributed by atoms with Crippen molar-refractivity contribution in [3.05, 3.63) is 64.1 Å². The minimum Gasteiger partial charge on any atom is -0.461 e. The van der Waals surface area contributed by atoms with Crippen LogP contribution in [0.5, 0.6) is 0 Å². The second-order valence-corrected chi connectivity index (χ2v) is 12.2. The van der Waals surface area contributed by atoms with Crippen LogP contribution < -0.4 is 10.6 Å². The lowest BCUT2D eigenvalue weighted by Crippen LogP contribution is -2.31. The monoisotopic (exact) mass is 562 g/mol. The summed E-state index contributed by atoms with van der Waals surface area (Å²) in [5.41, 5.74) is -0.0728. The largest absolute Gasteiger partial charge is 0.461 e. The molecule has 0 bridgehead atoms. The molecule has 0 saturated heterocycles. The Morgan fingerprint density at radius 2 is 2.00 bits per heavy atom. The lowest BCUT2D eigenvalue weighted by Gasteiger charge is -2.26. The third-order valence-electron chi connectivity index (χ3n) is 5.51. The molecule has 0 amide bonds. The summed E-state index contributed by atoms with van der Waals surface area (Å²) in [6, 6.07) is 9.40. The molecule has 3 rings (SSSR count). The van der Waals surface area contributed by atoms with Crippen molar-refractivity contribution >= 4 is 52.5 Å². The van der Waals surface area contributed by atoms with Gasteiger partial charge in [-0.05, 0) is 76.1 Å². The van der Waals surface area contributed by atoms with E-state index in [-0.39, 0.29) is 33.1 Å². The number of aliphatic hydroxyl groups is 1. The van der Waals surface area contributed by atoms with Crippen molar-refractivity contribution in [1.82, 2.24) is 4.57 Å². The van der Waals surface area contributed by atoms with Gasteiger partial charge < -0.3 is 19.1 Å². The van der Waals surface area contributed by atoms with E-state index in [1.54, 1.807) is 46.8 Å². The molecule has 38 heavy (non-hydrogen) atoms. The highest BCUT2D eigenvalue weighted by molar-refractivity contribution is 7.75. The molecular weight excluding hydrogens is 534 g/mol. The van der Waals surface area contributed by atoms with Gasteiger partial charge in [0.15, 0.2) is 5.82 Å². The summed E-state index contributed by atoms with van der Waals surface area (Å²) in [6.07, 6.45) is 0.985. The van der Waals surface area contributed by atoms with Crippen molar-refractivity contribution in [3.63, 3.8) is 0 Å². The van der Waals surface area contributed by atoms with Crippen LogP contribution >= 0.6 is 19.0 Å². The van der Waals surface area contributed by atoms with Crippen molar-refractivity contribution in [2.24, 2.45) is 0 Å². The molecular formula is C27H29ClFN2O6P. The number of nitrogens with zero attached hydrogens (tertiary/aromatic N) is 2. The summed E-state index contributed by atoms with van der Waals surface area (Å²) in [4.78, 5) is 13.4. The number of carbonyl (C=O) groups is 1. The van der Waals surface area contributed by atoms with Gasteiger partial charge in [-0.1, -0.05) is 17.7 Å². The van der Waals surface area contributed by atoms with Gasteiger partial charge >= 0.3 is 5.97 Å². The van der Waals surface area contributed by atoms with Crippen LogP contribution in [-0.2, 0) is 18.6 Å². The molecule has 3 aromatic rings. The maximum atomic E-state index is 15.8. The number of fused-ring (bicyclic) bond motifs is 1. The molecule has 8 nitrogen and oxygen atoms in total. The van der Waals surface area contributed by atoms with Crippen molar-refractivity contribution < 1.29 is 32.9 Å². The van der Waals surface area contributed by atoms with E-state index in [9.17, 15) is 14.5 Å². The number of aliphatic hydroxyl groups excluding tert-OH is 1. The maximum Gasteiger partial charge on any atom is 0.356 e. The highest BCUT2D eigenvalue weighted by Crippen LogP contribution is 2.49. The van der Waals surface area contributed by atoms with Gasteiger partial charge in [-0.2, -0.15) is 5.26 Å². The minimum absolute atomic E-state index is 0.00349. The number of hydrogen-bond donors (Lipinski definition) is 1. The molecule has 0 aliphatic carbocycles. The van der Waals surface area contributed by atoms with Crippen LogP contribution in [0.2, 0.25) is 5.02 Å². The number of ether oxygens (including phenoxy) is 2. The highest BCUT2D eigenvalue weighted by Gasteiger charge is 2.42. The molecule has 2 atom stereocenters. The molecule has 0 fully saturated rings. The minimum atomic E-state index is -4.27. The molecule has 0 spiro atoms. The molecule has 0 saturated carbocycles. The number of aryl methyl sites for hydroxylation is 1. The normalized spacial score (nSPS) is 14.4. The summed E-state index contributed by atoms with van der Waals surface area (Å²) >= 11 is 6.13. The molecule has 1 heterocycles. The first-order valence-electron chi connectivity index (χ1n) is 11.7. The highest BCUT2D eigenvalue weighted by atomic mass is 35.5. The molecule has 1 N–H and O–H groups in total. The lowest BCUT2D eigenvalue weighted by molar-refractivity contribution is -0.208. The number of nitriles is 1. The fourth-order valence-corrected chi connectivity index (χ4v) is 6.60. The number of benzene rings is 2. The Balaban J connectivity index is 2.54. The summed E-state index contributed by atoms with van der Waals surface area (Å²) in [5.74, 6) is -1.93. The van der Waals surface area contributed by atoms with Gasteiger partial charge in [0.05, 0.1) is 39.5 Å². The number of halogens is 2. The Morgan fingerprint density at radius 3 is 2.58 bits per heavy atom. The van der Waals surface area contributed by atoms with E-state index < -0.39 is 36.9 Å². The van der Waals surface area contributed by atoms with Crippen LogP contribution in [0, 0.1) is 24.1 Å². The zero-order valence-electron chi connectivity index (χ0n) is 21.9. The maximum absolute atomic E-state index is 15.8. The Morgan fingerprint density at radius 1 is 1.32 bits per heavy atom. The Labute approximate surface area is 225 Å². The Bertz CT molecular complexity index is 1500. The van der Waals surface area contributed by atoms with Gasteiger partial charge in [0, 0.05) is 18.5 Å². The average Bonchev–Trinajstić information content (AvgIpc) is 3.20. The second kappa shape index (κ2) is 11.4. The van der Waals surface area contributed by atoms with E-state index in [4.69, 9.17) is 30.9 Å². The number of esters is 1. The van der Waals surface area contributed by atoms with E-state index in [0.717, 1.165) is 4.57 Å².